The second kappa shape index (κ2) is 6.66. The molecule has 1 aromatic carbocycles. The van der Waals surface area contributed by atoms with Crippen molar-refractivity contribution in [2.75, 3.05) is 5.73 Å². The summed E-state index contributed by atoms with van der Waals surface area (Å²) in [5.41, 5.74) is 7.07. The van der Waals surface area contributed by atoms with Crippen LogP contribution in [0.3, 0.4) is 0 Å². The van der Waals surface area contributed by atoms with E-state index < -0.39 is 0 Å². The molecule has 2 rings (SSSR count). The smallest absolute Gasteiger partial charge is 0.287 e. The fourth-order valence-electron chi connectivity index (χ4n) is 2.37. The Bertz CT molecular complexity index is 616. The van der Waals surface area contributed by atoms with E-state index in [-0.39, 0.29) is 11.9 Å². The average molecular weight is 288 g/mol. The van der Waals surface area contributed by atoms with Crippen molar-refractivity contribution in [3.63, 3.8) is 0 Å². The summed E-state index contributed by atoms with van der Waals surface area (Å²) in [6.45, 7) is 6.45. The number of nitrogens with two attached hydrogens (primary N) is 1. The van der Waals surface area contributed by atoms with E-state index in [9.17, 15) is 4.79 Å². The molecule has 4 heteroatoms. The number of amides is 1. The summed E-state index contributed by atoms with van der Waals surface area (Å²) in [4.78, 5) is 12.2. The van der Waals surface area contributed by atoms with Crippen LogP contribution in [0, 0.1) is 5.92 Å². The molecule has 0 spiro atoms. The Morgan fingerprint density at radius 3 is 2.71 bits per heavy atom. The fraction of sp³-hybridized carbons (Fsp3) is 0.471. The van der Waals surface area contributed by atoms with Crippen molar-refractivity contribution in [1.29, 1.82) is 0 Å². The number of hydrogen-bond acceptors (Lipinski definition) is 3. The Hall–Kier alpha value is -1.97. The van der Waals surface area contributed by atoms with E-state index in [1.807, 2.05) is 13.0 Å². The number of fused-ring (bicyclic) bond motifs is 1. The molecule has 0 saturated heterocycles. The first-order valence-electron chi connectivity index (χ1n) is 7.55. The second-order valence-corrected chi connectivity index (χ2v) is 6.11. The van der Waals surface area contributed by atoms with Gasteiger partial charge in [-0.3, -0.25) is 4.79 Å². The molecule has 1 atom stereocenters. The molecule has 21 heavy (non-hydrogen) atoms. The van der Waals surface area contributed by atoms with E-state index in [0.717, 1.165) is 18.2 Å². The van der Waals surface area contributed by atoms with Gasteiger partial charge in [0.05, 0.1) is 0 Å². The number of nitrogen functional groups attached to an aromatic ring is 1. The predicted octanol–water partition coefficient (Wildman–Crippen LogP) is 3.96. The number of hydrogen-bond donors (Lipinski definition) is 2. The van der Waals surface area contributed by atoms with Gasteiger partial charge in [-0.15, -0.1) is 0 Å². The van der Waals surface area contributed by atoms with Crippen LogP contribution in [0.2, 0.25) is 0 Å². The van der Waals surface area contributed by atoms with Gasteiger partial charge in [0.25, 0.3) is 5.91 Å². The van der Waals surface area contributed by atoms with E-state index in [1.165, 1.54) is 6.42 Å². The SMILES string of the molecule is CC(C)CCCC(C)NC(=O)c1cc2cc(N)ccc2o1. The maximum absolute atomic E-state index is 12.2. The Kier molecular flexibility index (Phi) is 4.89. The van der Waals surface area contributed by atoms with Crippen molar-refractivity contribution in [2.45, 2.75) is 46.1 Å². The van der Waals surface area contributed by atoms with Gasteiger partial charge in [-0.1, -0.05) is 26.7 Å². The van der Waals surface area contributed by atoms with Gasteiger partial charge in [-0.05, 0) is 43.5 Å². The number of furan rings is 1. The minimum absolute atomic E-state index is 0.148. The quantitative estimate of drug-likeness (QED) is 0.790. The van der Waals surface area contributed by atoms with Gasteiger partial charge in [-0.2, -0.15) is 0 Å². The van der Waals surface area contributed by atoms with Gasteiger partial charge in [-0.25, -0.2) is 0 Å². The predicted molar refractivity (Wildman–Crippen MR) is 86.2 cm³/mol. The standard InChI is InChI=1S/C17H24N2O2/c1-11(2)5-4-6-12(3)19-17(20)16-10-13-9-14(18)7-8-15(13)21-16/h7-12H,4-6,18H2,1-3H3,(H,19,20). The van der Waals surface area contributed by atoms with E-state index in [2.05, 4.69) is 19.2 Å². The third kappa shape index (κ3) is 4.25. The molecule has 1 aromatic heterocycles. The summed E-state index contributed by atoms with van der Waals surface area (Å²) in [6, 6.07) is 7.24. The Morgan fingerprint density at radius 1 is 1.24 bits per heavy atom. The lowest BCUT2D eigenvalue weighted by Crippen LogP contribution is -2.32. The fourth-order valence-corrected chi connectivity index (χ4v) is 2.37. The number of benzene rings is 1. The van der Waals surface area contributed by atoms with E-state index in [1.54, 1.807) is 18.2 Å². The lowest BCUT2D eigenvalue weighted by Gasteiger charge is -2.13. The molecule has 1 unspecified atom stereocenters. The monoisotopic (exact) mass is 288 g/mol. The molecular formula is C17H24N2O2. The summed E-state index contributed by atoms with van der Waals surface area (Å²) in [5, 5.41) is 3.84. The van der Waals surface area contributed by atoms with Crippen molar-refractivity contribution in [1.82, 2.24) is 5.32 Å². The Morgan fingerprint density at radius 2 is 2.00 bits per heavy atom. The lowest BCUT2D eigenvalue weighted by atomic mass is 10.0. The zero-order valence-corrected chi connectivity index (χ0v) is 13.0. The van der Waals surface area contributed by atoms with Crippen LogP contribution >= 0.6 is 0 Å². The summed E-state index contributed by atoms with van der Waals surface area (Å²) < 4.78 is 5.56. The largest absolute Gasteiger partial charge is 0.451 e. The summed E-state index contributed by atoms with van der Waals surface area (Å²) in [5.74, 6) is 0.877. The number of carbonyl (C=O) groups excluding carboxylic acids is 1. The molecule has 0 aliphatic heterocycles. The molecule has 114 valence electrons. The van der Waals surface area contributed by atoms with Crippen LogP contribution in [0.4, 0.5) is 5.69 Å². The van der Waals surface area contributed by atoms with Gasteiger partial charge >= 0.3 is 0 Å². The topological polar surface area (TPSA) is 68.3 Å². The summed E-state index contributed by atoms with van der Waals surface area (Å²) >= 11 is 0. The molecule has 2 aromatic rings. The zero-order valence-electron chi connectivity index (χ0n) is 13.0. The molecule has 0 fully saturated rings. The highest BCUT2D eigenvalue weighted by Crippen LogP contribution is 2.21. The third-order valence-corrected chi connectivity index (χ3v) is 3.56. The zero-order chi connectivity index (χ0) is 15.4. The summed E-state index contributed by atoms with van der Waals surface area (Å²) in [6.07, 6.45) is 3.29. The highest BCUT2D eigenvalue weighted by Gasteiger charge is 2.14. The molecule has 1 amide bonds. The molecular weight excluding hydrogens is 264 g/mol. The van der Waals surface area contributed by atoms with Gasteiger partial charge < -0.3 is 15.5 Å². The number of carbonyl (C=O) groups is 1. The molecule has 4 nitrogen and oxygen atoms in total. The van der Waals surface area contributed by atoms with Crippen LogP contribution in [0.25, 0.3) is 11.0 Å². The number of nitrogens with one attached hydrogen (secondary N) is 1. The Balaban J connectivity index is 1.95. The van der Waals surface area contributed by atoms with Crippen molar-refractivity contribution >= 4 is 22.6 Å². The summed E-state index contributed by atoms with van der Waals surface area (Å²) in [7, 11) is 0. The lowest BCUT2D eigenvalue weighted by molar-refractivity contribution is 0.0912. The van der Waals surface area contributed by atoms with E-state index in [4.69, 9.17) is 10.2 Å². The first-order chi connectivity index (χ1) is 9.95. The van der Waals surface area contributed by atoms with Gasteiger partial charge in [0.15, 0.2) is 5.76 Å². The van der Waals surface area contributed by atoms with Crippen molar-refractivity contribution in [3.05, 3.63) is 30.0 Å². The molecule has 0 aliphatic rings. The maximum Gasteiger partial charge on any atom is 0.287 e. The second-order valence-electron chi connectivity index (χ2n) is 6.11. The first-order valence-corrected chi connectivity index (χ1v) is 7.55. The van der Waals surface area contributed by atoms with Crippen molar-refractivity contribution in [2.24, 2.45) is 5.92 Å². The maximum atomic E-state index is 12.2. The normalized spacial score (nSPS) is 12.8. The average Bonchev–Trinajstić information content (AvgIpc) is 2.81. The molecule has 3 N–H and O–H groups in total. The van der Waals surface area contributed by atoms with Gasteiger partial charge in [0, 0.05) is 17.1 Å². The molecule has 0 saturated carbocycles. The first kappa shape index (κ1) is 15.4. The van der Waals surface area contributed by atoms with Gasteiger partial charge in [0.1, 0.15) is 5.58 Å². The van der Waals surface area contributed by atoms with Crippen molar-refractivity contribution in [3.8, 4) is 0 Å². The minimum atomic E-state index is -0.165. The molecule has 1 heterocycles. The van der Waals surface area contributed by atoms with Crippen LogP contribution in [0.5, 0.6) is 0 Å². The number of rotatable bonds is 6. The van der Waals surface area contributed by atoms with Crippen LogP contribution in [0.1, 0.15) is 50.6 Å². The molecule has 0 aliphatic carbocycles. The van der Waals surface area contributed by atoms with Crippen LogP contribution in [-0.4, -0.2) is 11.9 Å². The molecule has 0 radical (unpaired) electrons. The third-order valence-electron chi connectivity index (χ3n) is 3.56. The highest BCUT2D eigenvalue weighted by atomic mass is 16.3. The van der Waals surface area contributed by atoms with Crippen molar-refractivity contribution < 1.29 is 9.21 Å². The molecule has 0 bridgehead atoms. The minimum Gasteiger partial charge on any atom is -0.451 e. The van der Waals surface area contributed by atoms with E-state index >= 15 is 0 Å². The Labute approximate surface area is 125 Å². The van der Waals surface area contributed by atoms with Crippen LogP contribution in [0.15, 0.2) is 28.7 Å². The van der Waals surface area contributed by atoms with Gasteiger partial charge in [0.2, 0.25) is 0 Å². The van der Waals surface area contributed by atoms with E-state index in [0.29, 0.717) is 22.9 Å². The van der Waals surface area contributed by atoms with Crippen LogP contribution < -0.4 is 11.1 Å². The number of anilines is 1. The van der Waals surface area contributed by atoms with Crippen LogP contribution in [-0.2, 0) is 0 Å². The highest BCUT2D eigenvalue weighted by molar-refractivity contribution is 5.96.